The molecule has 0 atom stereocenters. The lowest BCUT2D eigenvalue weighted by atomic mass is 10.2. The minimum atomic E-state index is -2.82. The van der Waals surface area contributed by atoms with Crippen LogP contribution in [0.25, 0.3) is 0 Å². The molecular weight excluding hydrogens is 316 g/mol. The van der Waals surface area contributed by atoms with E-state index in [4.69, 9.17) is 0 Å². The Bertz CT molecular complexity index is 531. The second-order valence-electron chi connectivity index (χ2n) is 3.85. The Kier molecular flexibility index (Phi) is 4.74. The molecule has 0 radical (unpaired) electrons. The number of hydrogen-bond donors (Lipinski definition) is 1. The van der Waals surface area contributed by atoms with E-state index in [2.05, 4.69) is 26.0 Å². The summed E-state index contributed by atoms with van der Waals surface area (Å²) in [5.41, 5.74) is 1.60. The Labute approximate surface area is 118 Å². The first-order valence-corrected chi connectivity index (χ1v) is 6.46. The lowest BCUT2D eigenvalue weighted by Gasteiger charge is -2.12. The molecule has 0 unspecified atom stereocenters. The number of ether oxygens (including phenoxy) is 1. The first kappa shape index (κ1) is 13.8. The van der Waals surface area contributed by atoms with Crippen molar-refractivity contribution in [1.29, 1.82) is 0 Å². The van der Waals surface area contributed by atoms with Crippen molar-refractivity contribution in [2.75, 3.05) is 5.32 Å². The van der Waals surface area contributed by atoms with Gasteiger partial charge in [0, 0.05) is 11.0 Å². The standard InChI is InChI=1S/C14H12BrF2NO/c15-11-7-5-10(6-8-11)9-18-12-3-1-2-4-13(12)19-14(16)17/h1-8,14,18H,9H2. The maximum absolute atomic E-state index is 12.3. The fourth-order valence-electron chi connectivity index (χ4n) is 1.61. The molecule has 0 fully saturated rings. The molecule has 0 spiro atoms. The molecule has 0 aromatic heterocycles. The zero-order valence-corrected chi connectivity index (χ0v) is 11.5. The molecule has 5 heteroatoms. The molecule has 2 aromatic carbocycles. The molecule has 0 aliphatic carbocycles. The van der Waals surface area contributed by atoms with Gasteiger partial charge < -0.3 is 10.1 Å². The van der Waals surface area contributed by atoms with Crippen LogP contribution in [0.1, 0.15) is 5.56 Å². The number of para-hydroxylation sites is 2. The quantitative estimate of drug-likeness (QED) is 0.862. The topological polar surface area (TPSA) is 21.3 Å². The van der Waals surface area contributed by atoms with Crippen LogP contribution in [0, 0.1) is 0 Å². The average molecular weight is 328 g/mol. The van der Waals surface area contributed by atoms with Crippen molar-refractivity contribution in [2.45, 2.75) is 13.2 Å². The van der Waals surface area contributed by atoms with Gasteiger partial charge in [-0.15, -0.1) is 0 Å². The van der Waals surface area contributed by atoms with Crippen LogP contribution in [-0.4, -0.2) is 6.61 Å². The first-order valence-electron chi connectivity index (χ1n) is 5.67. The van der Waals surface area contributed by atoms with Crippen LogP contribution < -0.4 is 10.1 Å². The van der Waals surface area contributed by atoms with Gasteiger partial charge in [-0.05, 0) is 29.8 Å². The smallest absolute Gasteiger partial charge is 0.387 e. The van der Waals surface area contributed by atoms with Gasteiger partial charge >= 0.3 is 6.61 Å². The highest BCUT2D eigenvalue weighted by Gasteiger charge is 2.08. The van der Waals surface area contributed by atoms with E-state index >= 15 is 0 Å². The van der Waals surface area contributed by atoms with Gasteiger partial charge in [-0.1, -0.05) is 40.2 Å². The molecule has 2 rings (SSSR count). The summed E-state index contributed by atoms with van der Waals surface area (Å²) in [6.07, 6.45) is 0. The van der Waals surface area contributed by atoms with Crippen molar-refractivity contribution >= 4 is 21.6 Å². The molecule has 0 aliphatic heterocycles. The van der Waals surface area contributed by atoms with Crippen LogP contribution in [0.15, 0.2) is 53.0 Å². The predicted molar refractivity (Wildman–Crippen MR) is 74.5 cm³/mol. The lowest BCUT2D eigenvalue weighted by Crippen LogP contribution is -2.06. The van der Waals surface area contributed by atoms with Gasteiger partial charge in [0.25, 0.3) is 0 Å². The molecule has 2 aromatic rings. The van der Waals surface area contributed by atoms with Gasteiger partial charge in [-0.3, -0.25) is 0 Å². The van der Waals surface area contributed by atoms with E-state index in [1.54, 1.807) is 18.2 Å². The Hall–Kier alpha value is -1.62. The fourth-order valence-corrected chi connectivity index (χ4v) is 1.88. The zero-order chi connectivity index (χ0) is 13.7. The molecule has 100 valence electrons. The summed E-state index contributed by atoms with van der Waals surface area (Å²) < 4.78 is 30.0. The van der Waals surface area contributed by atoms with Gasteiger partial charge in [0.1, 0.15) is 5.75 Å². The predicted octanol–water partition coefficient (Wildman–Crippen LogP) is 4.66. The summed E-state index contributed by atoms with van der Waals surface area (Å²) in [6, 6.07) is 14.4. The van der Waals surface area contributed by atoms with Gasteiger partial charge in [0.2, 0.25) is 0 Å². The molecule has 0 heterocycles. The zero-order valence-electron chi connectivity index (χ0n) is 9.95. The summed E-state index contributed by atoms with van der Waals surface area (Å²) in [5.74, 6) is 0.148. The Morgan fingerprint density at radius 1 is 1.05 bits per heavy atom. The van der Waals surface area contributed by atoms with Crippen LogP contribution in [0.5, 0.6) is 5.75 Å². The van der Waals surface area contributed by atoms with Crippen molar-refractivity contribution in [2.24, 2.45) is 0 Å². The molecule has 0 saturated heterocycles. The Morgan fingerprint density at radius 3 is 2.42 bits per heavy atom. The second-order valence-corrected chi connectivity index (χ2v) is 4.77. The number of nitrogens with one attached hydrogen (secondary N) is 1. The van der Waals surface area contributed by atoms with Crippen LogP contribution in [-0.2, 0) is 6.54 Å². The maximum atomic E-state index is 12.3. The van der Waals surface area contributed by atoms with E-state index in [0.29, 0.717) is 12.2 Å². The van der Waals surface area contributed by atoms with Crippen LogP contribution in [0.2, 0.25) is 0 Å². The van der Waals surface area contributed by atoms with Gasteiger partial charge in [-0.25, -0.2) is 0 Å². The van der Waals surface area contributed by atoms with Crippen molar-refractivity contribution in [3.63, 3.8) is 0 Å². The van der Waals surface area contributed by atoms with Crippen molar-refractivity contribution in [3.05, 3.63) is 58.6 Å². The van der Waals surface area contributed by atoms with Gasteiger partial charge in [-0.2, -0.15) is 8.78 Å². The monoisotopic (exact) mass is 327 g/mol. The molecule has 0 aliphatic rings. The molecular formula is C14H12BrF2NO. The van der Waals surface area contributed by atoms with E-state index in [1.807, 2.05) is 24.3 Å². The van der Waals surface area contributed by atoms with Crippen LogP contribution in [0.4, 0.5) is 14.5 Å². The van der Waals surface area contributed by atoms with Crippen molar-refractivity contribution in [1.82, 2.24) is 0 Å². The van der Waals surface area contributed by atoms with E-state index < -0.39 is 6.61 Å². The number of anilines is 1. The molecule has 1 N–H and O–H groups in total. The Morgan fingerprint density at radius 2 is 1.74 bits per heavy atom. The highest BCUT2D eigenvalue weighted by Crippen LogP contribution is 2.26. The molecule has 2 nitrogen and oxygen atoms in total. The van der Waals surface area contributed by atoms with E-state index in [-0.39, 0.29) is 5.75 Å². The van der Waals surface area contributed by atoms with E-state index in [1.165, 1.54) is 6.07 Å². The molecule has 0 bridgehead atoms. The lowest BCUT2D eigenvalue weighted by molar-refractivity contribution is -0.0493. The number of alkyl halides is 2. The number of benzene rings is 2. The number of halogens is 3. The summed E-state index contributed by atoms with van der Waals surface area (Å²) in [6.45, 7) is -2.28. The third kappa shape index (κ3) is 4.21. The highest BCUT2D eigenvalue weighted by molar-refractivity contribution is 9.10. The largest absolute Gasteiger partial charge is 0.433 e. The van der Waals surface area contributed by atoms with E-state index in [9.17, 15) is 8.78 Å². The second kappa shape index (κ2) is 6.52. The normalized spacial score (nSPS) is 10.5. The minimum absolute atomic E-state index is 0.148. The SMILES string of the molecule is FC(F)Oc1ccccc1NCc1ccc(Br)cc1. The van der Waals surface area contributed by atoms with Crippen molar-refractivity contribution < 1.29 is 13.5 Å². The highest BCUT2D eigenvalue weighted by atomic mass is 79.9. The first-order chi connectivity index (χ1) is 9.15. The average Bonchev–Trinajstić information content (AvgIpc) is 2.39. The third-order valence-electron chi connectivity index (χ3n) is 2.50. The maximum Gasteiger partial charge on any atom is 0.387 e. The van der Waals surface area contributed by atoms with E-state index in [0.717, 1.165) is 10.0 Å². The summed E-state index contributed by atoms with van der Waals surface area (Å²) in [4.78, 5) is 0. The molecule has 19 heavy (non-hydrogen) atoms. The minimum Gasteiger partial charge on any atom is -0.433 e. The summed E-state index contributed by atoms with van der Waals surface area (Å²) >= 11 is 3.36. The van der Waals surface area contributed by atoms with Crippen LogP contribution in [0.3, 0.4) is 0 Å². The van der Waals surface area contributed by atoms with Crippen molar-refractivity contribution in [3.8, 4) is 5.75 Å². The molecule has 0 amide bonds. The number of hydrogen-bond acceptors (Lipinski definition) is 2. The summed E-state index contributed by atoms with van der Waals surface area (Å²) in [7, 11) is 0. The van der Waals surface area contributed by atoms with Gasteiger partial charge in [0.05, 0.1) is 5.69 Å². The Balaban J connectivity index is 2.04. The summed E-state index contributed by atoms with van der Waals surface area (Å²) in [5, 5.41) is 3.08. The van der Waals surface area contributed by atoms with Crippen LogP contribution >= 0.6 is 15.9 Å². The number of rotatable bonds is 5. The van der Waals surface area contributed by atoms with Gasteiger partial charge in [0.15, 0.2) is 0 Å². The third-order valence-corrected chi connectivity index (χ3v) is 3.03. The molecule has 0 saturated carbocycles. The fraction of sp³-hybridized carbons (Fsp3) is 0.143.